The zero-order valence-electron chi connectivity index (χ0n) is 10.2. The number of amides is 1. The van der Waals surface area contributed by atoms with Crippen LogP contribution in [0.2, 0.25) is 5.02 Å². The molecule has 6 heteroatoms. The van der Waals surface area contributed by atoms with Crippen LogP contribution in [0.25, 0.3) is 0 Å². The first kappa shape index (κ1) is 13.7. The number of benzene rings is 1. The molecule has 0 bridgehead atoms. The van der Waals surface area contributed by atoms with Gasteiger partial charge >= 0.3 is 5.97 Å². The van der Waals surface area contributed by atoms with E-state index in [1.54, 1.807) is 24.3 Å². The summed E-state index contributed by atoms with van der Waals surface area (Å²) >= 11 is 5.74. The Kier molecular flexibility index (Phi) is 4.27. The van der Waals surface area contributed by atoms with Crippen LogP contribution in [0.5, 0.6) is 5.75 Å². The monoisotopic (exact) mass is 283 g/mol. The summed E-state index contributed by atoms with van der Waals surface area (Å²) in [5.74, 6) is -0.946. The largest absolute Gasteiger partial charge is 0.484 e. The van der Waals surface area contributed by atoms with E-state index in [1.807, 2.05) is 0 Å². The van der Waals surface area contributed by atoms with Gasteiger partial charge in [-0.25, -0.2) is 0 Å². The first-order valence-electron chi connectivity index (χ1n) is 5.95. The van der Waals surface area contributed by atoms with Crippen molar-refractivity contribution in [1.29, 1.82) is 0 Å². The summed E-state index contributed by atoms with van der Waals surface area (Å²) in [5.41, 5.74) is 0. The van der Waals surface area contributed by atoms with Crippen LogP contribution in [-0.2, 0) is 9.59 Å². The number of likely N-dealkylation sites (tertiary alicyclic amines) is 1. The van der Waals surface area contributed by atoms with Gasteiger partial charge in [-0.2, -0.15) is 0 Å². The van der Waals surface area contributed by atoms with Gasteiger partial charge in [-0.05, 0) is 30.7 Å². The molecule has 0 unspecified atom stereocenters. The Morgan fingerprint density at radius 2 is 2.05 bits per heavy atom. The summed E-state index contributed by atoms with van der Waals surface area (Å²) in [6.07, 6.45) is 0.502. The van der Waals surface area contributed by atoms with E-state index in [9.17, 15) is 9.59 Å². The number of rotatable bonds is 4. The molecule has 1 amide bonds. The van der Waals surface area contributed by atoms with Gasteiger partial charge in [-0.15, -0.1) is 0 Å². The molecule has 19 heavy (non-hydrogen) atoms. The molecule has 0 spiro atoms. The highest BCUT2D eigenvalue weighted by Gasteiger charge is 2.30. The fraction of sp³-hybridized carbons (Fsp3) is 0.385. The van der Waals surface area contributed by atoms with Crippen LogP contribution < -0.4 is 4.74 Å². The van der Waals surface area contributed by atoms with Crippen molar-refractivity contribution in [3.63, 3.8) is 0 Å². The van der Waals surface area contributed by atoms with Crippen LogP contribution in [0, 0.1) is 5.92 Å². The quantitative estimate of drug-likeness (QED) is 0.912. The molecule has 102 valence electrons. The molecule has 0 radical (unpaired) electrons. The second-order valence-electron chi connectivity index (χ2n) is 4.41. The van der Waals surface area contributed by atoms with E-state index in [0.29, 0.717) is 23.7 Å². The number of hydrogen-bond donors (Lipinski definition) is 1. The van der Waals surface area contributed by atoms with Crippen molar-refractivity contribution in [2.45, 2.75) is 6.42 Å². The van der Waals surface area contributed by atoms with Crippen LogP contribution in [0.1, 0.15) is 6.42 Å². The van der Waals surface area contributed by atoms with Gasteiger partial charge in [0.2, 0.25) is 0 Å². The summed E-state index contributed by atoms with van der Waals surface area (Å²) in [6.45, 7) is 0.645. The molecule has 1 atom stereocenters. The van der Waals surface area contributed by atoms with Gasteiger partial charge in [0.1, 0.15) is 5.75 Å². The van der Waals surface area contributed by atoms with E-state index < -0.39 is 11.9 Å². The second-order valence-corrected chi connectivity index (χ2v) is 4.84. The molecule has 5 nitrogen and oxygen atoms in total. The maximum Gasteiger partial charge on any atom is 0.308 e. The molecule has 0 saturated carbocycles. The van der Waals surface area contributed by atoms with Crippen molar-refractivity contribution in [1.82, 2.24) is 4.90 Å². The predicted molar refractivity (Wildman–Crippen MR) is 69.3 cm³/mol. The molecule has 1 aliphatic rings. The van der Waals surface area contributed by atoms with E-state index in [-0.39, 0.29) is 19.1 Å². The number of ether oxygens (including phenoxy) is 1. The molecule has 1 saturated heterocycles. The van der Waals surface area contributed by atoms with Gasteiger partial charge < -0.3 is 14.7 Å². The summed E-state index contributed by atoms with van der Waals surface area (Å²) in [5, 5.41) is 9.46. The van der Waals surface area contributed by atoms with Crippen molar-refractivity contribution in [3.8, 4) is 5.75 Å². The fourth-order valence-electron chi connectivity index (χ4n) is 1.96. The molecule has 1 aromatic rings. The zero-order valence-corrected chi connectivity index (χ0v) is 11.0. The van der Waals surface area contributed by atoms with E-state index in [4.69, 9.17) is 21.4 Å². The van der Waals surface area contributed by atoms with E-state index >= 15 is 0 Å². The lowest BCUT2D eigenvalue weighted by molar-refractivity contribution is -0.141. The third kappa shape index (κ3) is 3.61. The Balaban J connectivity index is 1.82. The molecule has 1 N–H and O–H groups in total. The molecule has 0 aliphatic carbocycles. The Bertz CT molecular complexity index is 474. The van der Waals surface area contributed by atoms with Gasteiger partial charge in [0.05, 0.1) is 5.92 Å². The normalized spacial score (nSPS) is 18.4. The fourth-order valence-corrected chi connectivity index (χ4v) is 2.08. The Morgan fingerprint density at radius 3 is 2.63 bits per heavy atom. The van der Waals surface area contributed by atoms with E-state index in [2.05, 4.69) is 0 Å². The number of aliphatic carboxylic acids is 1. The smallest absolute Gasteiger partial charge is 0.308 e. The van der Waals surface area contributed by atoms with Crippen molar-refractivity contribution >= 4 is 23.5 Å². The lowest BCUT2D eigenvalue weighted by Gasteiger charge is -2.16. The van der Waals surface area contributed by atoms with Crippen LogP contribution >= 0.6 is 11.6 Å². The summed E-state index contributed by atoms with van der Waals surface area (Å²) in [6, 6.07) is 6.72. The maximum absolute atomic E-state index is 11.8. The summed E-state index contributed by atoms with van der Waals surface area (Å²) in [7, 11) is 0. The average molecular weight is 284 g/mol. The molecular formula is C13H14ClNO4. The third-order valence-electron chi connectivity index (χ3n) is 3.07. The number of halogens is 1. The standard InChI is InChI=1S/C13H14ClNO4/c14-10-1-3-11(4-2-10)19-8-12(16)15-6-5-9(7-15)13(17)18/h1-4,9H,5-8H2,(H,17,18)/t9-/m1/s1. The first-order valence-corrected chi connectivity index (χ1v) is 6.33. The van der Waals surface area contributed by atoms with Crippen molar-refractivity contribution in [2.24, 2.45) is 5.92 Å². The molecule has 1 aromatic carbocycles. The highest BCUT2D eigenvalue weighted by Crippen LogP contribution is 2.18. The second kappa shape index (κ2) is 5.93. The summed E-state index contributed by atoms with van der Waals surface area (Å²) in [4.78, 5) is 24.2. The number of nitrogens with zero attached hydrogens (tertiary/aromatic N) is 1. The highest BCUT2D eigenvalue weighted by molar-refractivity contribution is 6.30. The van der Waals surface area contributed by atoms with Gasteiger partial charge in [-0.3, -0.25) is 9.59 Å². The van der Waals surface area contributed by atoms with Crippen LogP contribution in [0.15, 0.2) is 24.3 Å². The van der Waals surface area contributed by atoms with Gasteiger partial charge in [0, 0.05) is 18.1 Å². The van der Waals surface area contributed by atoms with Crippen molar-refractivity contribution < 1.29 is 19.4 Å². The van der Waals surface area contributed by atoms with Gasteiger partial charge in [0.25, 0.3) is 5.91 Å². The van der Waals surface area contributed by atoms with Gasteiger partial charge in [0.15, 0.2) is 6.61 Å². The molecular weight excluding hydrogens is 270 g/mol. The first-order chi connectivity index (χ1) is 9.06. The Hall–Kier alpha value is -1.75. The van der Waals surface area contributed by atoms with E-state index in [0.717, 1.165) is 0 Å². The molecule has 0 aromatic heterocycles. The Labute approximate surface area is 115 Å². The topological polar surface area (TPSA) is 66.8 Å². The molecule has 1 aliphatic heterocycles. The third-order valence-corrected chi connectivity index (χ3v) is 3.32. The number of carboxylic acids is 1. The number of carbonyl (C=O) groups is 2. The molecule has 1 fully saturated rings. The minimum absolute atomic E-state index is 0.0893. The maximum atomic E-state index is 11.8. The van der Waals surface area contributed by atoms with Crippen molar-refractivity contribution in [3.05, 3.63) is 29.3 Å². The van der Waals surface area contributed by atoms with E-state index in [1.165, 1.54) is 4.90 Å². The Morgan fingerprint density at radius 1 is 1.37 bits per heavy atom. The minimum atomic E-state index is -0.853. The average Bonchev–Trinajstić information content (AvgIpc) is 2.87. The predicted octanol–water partition coefficient (Wildman–Crippen LogP) is 1.65. The molecule has 1 heterocycles. The highest BCUT2D eigenvalue weighted by atomic mass is 35.5. The lowest BCUT2D eigenvalue weighted by Crippen LogP contribution is -2.33. The minimum Gasteiger partial charge on any atom is -0.484 e. The summed E-state index contributed by atoms with van der Waals surface area (Å²) < 4.78 is 5.33. The number of hydrogen-bond acceptors (Lipinski definition) is 3. The van der Waals surface area contributed by atoms with Crippen molar-refractivity contribution in [2.75, 3.05) is 19.7 Å². The molecule has 2 rings (SSSR count). The lowest BCUT2D eigenvalue weighted by atomic mass is 10.1. The van der Waals surface area contributed by atoms with Gasteiger partial charge in [-0.1, -0.05) is 11.6 Å². The van der Waals surface area contributed by atoms with Crippen LogP contribution in [0.4, 0.5) is 0 Å². The zero-order chi connectivity index (χ0) is 13.8. The SMILES string of the molecule is O=C(O)[C@@H]1CCN(C(=O)COc2ccc(Cl)cc2)C1. The van der Waals surface area contributed by atoms with Crippen LogP contribution in [0.3, 0.4) is 0 Å². The number of carboxylic acid groups (broad SMARTS) is 1. The number of carbonyl (C=O) groups excluding carboxylic acids is 1. The van der Waals surface area contributed by atoms with Crippen LogP contribution in [-0.4, -0.2) is 41.6 Å².